The summed E-state index contributed by atoms with van der Waals surface area (Å²) in [4.78, 5) is 0. The monoisotopic (exact) mass is 330 g/mol. The van der Waals surface area contributed by atoms with Gasteiger partial charge < -0.3 is 27.8 Å². The molecule has 0 aromatic carbocycles. The highest BCUT2D eigenvalue weighted by atomic mass is 15.3. The molecule has 0 rings (SSSR count). The first-order chi connectivity index (χ1) is 10.9. The SMILES string of the molecule is N=C(N)NCCCCCCCCCCNC(=N)N.N=C(N)NN. The predicted octanol–water partition coefficient (Wildman–Crippen LogP) is -0.583. The fourth-order valence-electron chi connectivity index (χ4n) is 1.76. The minimum atomic E-state index is -0.218. The van der Waals surface area contributed by atoms with E-state index in [2.05, 4.69) is 22.2 Å². The molecule has 136 valence electrons. The van der Waals surface area contributed by atoms with Crippen LogP contribution >= 0.6 is 0 Å². The van der Waals surface area contributed by atoms with E-state index in [0.717, 1.165) is 25.9 Å². The minimum Gasteiger partial charge on any atom is -0.370 e. The van der Waals surface area contributed by atoms with Gasteiger partial charge in [-0.15, -0.1) is 0 Å². The zero-order valence-corrected chi connectivity index (χ0v) is 13.9. The zero-order valence-electron chi connectivity index (χ0n) is 13.9. The van der Waals surface area contributed by atoms with Crippen LogP contribution in [0.5, 0.6) is 0 Å². The molecule has 10 nitrogen and oxygen atoms in total. The Balaban J connectivity index is 0. The number of rotatable bonds is 11. The van der Waals surface area contributed by atoms with Crippen LogP contribution in [0.15, 0.2) is 0 Å². The van der Waals surface area contributed by atoms with Crippen molar-refractivity contribution in [3.63, 3.8) is 0 Å². The number of unbranched alkanes of at least 4 members (excludes halogenated alkanes) is 7. The van der Waals surface area contributed by atoms with E-state index in [1.54, 1.807) is 0 Å². The van der Waals surface area contributed by atoms with Crippen LogP contribution in [0.25, 0.3) is 0 Å². The Labute approximate surface area is 138 Å². The molecule has 0 aromatic heterocycles. The van der Waals surface area contributed by atoms with E-state index >= 15 is 0 Å². The first kappa shape index (κ1) is 23.0. The lowest BCUT2D eigenvalue weighted by Gasteiger charge is -2.04. The molecule has 0 aliphatic carbocycles. The zero-order chi connectivity index (χ0) is 17.9. The van der Waals surface area contributed by atoms with Crippen LogP contribution in [-0.2, 0) is 0 Å². The first-order valence-electron chi connectivity index (χ1n) is 7.86. The molecular formula is C13H34N10. The molecule has 0 amide bonds. The Kier molecular flexibility index (Phi) is 17.9. The van der Waals surface area contributed by atoms with Gasteiger partial charge in [-0.2, -0.15) is 0 Å². The molecule has 0 atom stereocenters. The number of hydrogen-bond acceptors (Lipinski definition) is 4. The van der Waals surface area contributed by atoms with Crippen LogP contribution in [0.1, 0.15) is 51.4 Å². The van der Waals surface area contributed by atoms with Crippen LogP contribution in [0.2, 0.25) is 0 Å². The van der Waals surface area contributed by atoms with Crippen LogP contribution in [0.4, 0.5) is 0 Å². The molecule has 0 aromatic rings. The molecule has 0 unspecified atom stereocenters. The molecular weight excluding hydrogens is 296 g/mol. The van der Waals surface area contributed by atoms with Crippen molar-refractivity contribution in [2.75, 3.05) is 13.1 Å². The summed E-state index contributed by atoms with van der Waals surface area (Å²) in [5.74, 6) is 4.48. The highest BCUT2D eigenvalue weighted by molar-refractivity contribution is 5.74. The molecule has 14 N–H and O–H groups in total. The molecule has 0 fully saturated rings. The minimum absolute atomic E-state index is 0.0640. The molecule has 0 saturated carbocycles. The average Bonchev–Trinajstić information content (AvgIpc) is 2.48. The maximum Gasteiger partial charge on any atom is 0.200 e. The van der Waals surface area contributed by atoms with Gasteiger partial charge in [-0.1, -0.05) is 38.5 Å². The first-order valence-corrected chi connectivity index (χ1v) is 7.86. The van der Waals surface area contributed by atoms with E-state index in [1.807, 2.05) is 5.43 Å². The maximum absolute atomic E-state index is 6.99. The number of hydrogen-bond donors (Lipinski definition) is 10. The van der Waals surface area contributed by atoms with E-state index in [0.29, 0.717) is 0 Å². The van der Waals surface area contributed by atoms with Crippen LogP contribution < -0.4 is 39.1 Å². The predicted molar refractivity (Wildman–Crippen MR) is 96.0 cm³/mol. The van der Waals surface area contributed by atoms with Crippen molar-refractivity contribution in [3.8, 4) is 0 Å². The van der Waals surface area contributed by atoms with Gasteiger partial charge in [-0.25, -0.2) is 5.84 Å². The van der Waals surface area contributed by atoms with Gasteiger partial charge in [0.15, 0.2) is 17.9 Å². The Morgan fingerprint density at radius 1 is 0.565 bits per heavy atom. The summed E-state index contributed by atoms with van der Waals surface area (Å²) in [6.45, 7) is 1.62. The van der Waals surface area contributed by atoms with Crippen LogP contribution in [-0.4, -0.2) is 31.0 Å². The summed E-state index contributed by atoms with van der Waals surface area (Å²) in [7, 11) is 0. The fourth-order valence-corrected chi connectivity index (χ4v) is 1.76. The van der Waals surface area contributed by atoms with E-state index in [9.17, 15) is 0 Å². The fraction of sp³-hybridized carbons (Fsp3) is 0.769. The smallest absolute Gasteiger partial charge is 0.200 e. The van der Waals surface area contributed by atoms with Crippen molar-refractivity contribution in [1.29, 1.82) is 16.2 Å². The summed E-state index contributed by atoms with van der Waals surface area (Å²) in [6.07, 6.45) is 9.64. The number of guanidine groups is 3. The van der Waals surface area contributed by atoms with Crippen molar-refractivity contribution in [1.82, 2.24) is 16.1 Å². The second-order valence-corrected chi connectivity index (χ2v) is 5.07. The second-order valence-electron chi connectivity index (χ2n) is 5.07. The van der Waals surface area contributed by atoms with Crippen molar-refractivity contribution in [2.24, 2.45) is 23.0 Å². The number of nitrogens with two attached hydrogens (primary N) is 4. The molecule has 0 aliphatic heterocycles. The third-order valence-corrected chi connectivity index (χ3v) is 2.89. The number of nitrogens with one attached hydrogen (secondary N) is 6. The Morgan fingerprint density at radius 2 is 0.826 bits per heavy atom. The lowest BCUT2D eigenvalue weighted by Crippen LogP contribution is -2.35. The maximum atomic E-state index is 6.99. The van der Waals surface area contributed by atoms with Crippen molar-refractivity contribution >= 4 is 17.9 Å². The van der Waals surface area contributed by atoms with Crippen LogP contribution in [0.3, 0.4) is 0 Å². The molecule has 0 saturated heterocycles. The molecule has 0 radical (unpaired) electrons. The summed E-state index contributed by atoms with van der Waals surface area (Å²) in [6, 6.07) is 0. The van der Waals surface area contributed by atoms with E-state index in [-0.39, 0.29) is 17.9 Å². The summed E-state index contributed by atoms with van der Waals surface area (Å²) >= 11 is 0. The lowest BCUT2D eigenvalue weighted by molar-refractivity contribution is 0.563. The van der Waals surface area contributed by atoms with Crippen molar-refractivity contribution in [3.05, 3.63) is 0 Å². The summed E-state index contributed by atoms with van der Waals surface area (Å²) in [5.41, 5.74) is 16.9. The Hall–Kier alpha value is -2.23. The quantitative estimate of drug-likeness (QED) is 0.0781. The molecule has 0 bridgehead atoms. The van der Waals surface area contributed by atoms with E-state index in [1.165, 1.54) is 38.5 Å². The van der Waals surface area contributed by atoms with Gasteiger partial charge in [0.2, 0.25) is 0 Å². The summed E-state index contributed by atoms with van der Waals surface area (Å²) in [5, 5.41) is 25.9. The third-order valence-electron chi connectivity index (χ3n) is 2.89. The largest absolute Gasteiger partial charge is 0.370 e. The van der Waals surface area contributed by atoms with Crippen molar-refractivity contribution in [2.45, 2.75) is 51.4 Å². The van der Waals surface area contributed by atoms with Gasteiger partial charge in [0.25, 0.3) is 0 Å². The van der Waals surface area contributed by atoms with Crippen molar-refractivity contribution < 1.29 is 0 Å². The highest BCUT2D eigenvalue weighted by Gasteiger charge is 1.93. The van der Waals surface area contributed by atoms with E-state index < -0.39 is 0 Å². The Bertz CT molecular complexity index is 294. The molecule has 0 spiro atoms. The van der Waals surface area contributed by atoms with Gasteiger partial charge >= 0.3 is 0 Å². The second kappa shape index (κ2) is 17.8. The molecule has 10 heteroatoms. The average molecular weight is 330 g/mol. The van der Waals surface area contributed by atoms with Gasteiger partial charge in [-0.3, -0.25) is 21.7 Å². The molecule has 23 heavy (non-hydrogen) atoms. The van der Waals surface area contributed by atoms with Gasteiger partial charge in [0.1, 0.15) is 0 Å². The van der Waals surface area contributed by atoms with Gasteiger partial charge in [0, 0.05) is 13.1 Å². The third kappa shape index (κ3) is 28.6. The lowest BCUT2D eigenvalue weighted by atomic mass is 10.1. The standard InChI is InChI=1S/C12H28N6.CH6N4/c13-11(14)17-9-7-5-3-1-2-4-6-8-10-18-12(15)16;2-1(3)5-4/h1-10H2,(H4,13,14,17)(H4,15,16,18);4H2,(H4,2,3,5). The van der Waals surface area contributed by atoms with Crippen LogP contribution in [0, 0.1) is 16.2 Å². The Morgan fingerprint density at radius 3 is 1.04 bits per heavy atom. The topological polar surface area (TPSA) is 212 Å². The van der Waals surface area contributed by atoms with Gasteiger partial charge in [-0.05, 0) is 12.8 Å². The van der Waals surface area contributed by atoms with Gasteiger partial charge in [0.05, 0.1) is 0 Å². The molecule has 0 aliphatic rings. The number of hydrazine groups is 1. The van der Waals surface area contributed by atoms with E-state index in [4.69, 9.17) is 27.7 Å². The normalized spacial score (nSPS) is 9.26. The summed E-state index contributed by atoms with van der Waals surface area (Å²) < 4.78 is 0. The molecule has 0 heterocycles. The highest BCUT2D eigenvalue weighted by Crippen LogP contribution is 2.07.